The maximum Gasteiger partial charge on any atom is 0.307 e. The number of carbonyl (C=O) groups is 1. The van der Waals surface area contributed by atoms with Crippen LogP contribution in [0.15, 0.2) is 24.3 Å². The number of para-hydroxylation sites is 1. The van der Waals surface area contributed by atoms with Gasteiger partial charge in [-0.3, -0.25) is 9.78 Å². The number of nitrogens with zero attached hydrogens (tertiary/aromatic N) is 2. The second kappa shape index (κ2) is 5.90. The van der Waals surface area contributed by atoms with Crippen LogP contribution in [-0.2, 0) is 11.2 Å². The molecule has 4 heteroatoms. The highest BCUT2D eigenvalue weighted by Crippen LogP contribution is 2.32. The number of rotatable bonds is 5. The van der Waals surface area contributed by atoms with E-state index in [1.165, 1.54) is 0 Å². The largest absolute Gasteiger partial charge is 0.481 e. The van der Waals surface area contributed by atoms with Crippen molar-refractivity contribution in [3.8, 4) is 0 Å². The molecule has 2 aromatic rings. The van der Waals surface area contributed by atoms with Crippen LogP contribution in [0.3, 0.4) is 0 Å². The molecule has 0 spiro atoms. The molecule has 1 aromatic heterocycles. The zero-order valence-corrected chi connectivity index (χ0v) is 12.2. The fourth-order valence-corrected chi connectivity index (χ4v) is 2.62. The first-order chi connectivity index (χ1) is 9.58. The minimum Gasteiger partial charge on any atom is -0.481 e. The van der Waals surface area contributed by atoms with Crippen molar-refractivity contribution < 1.29 is 9.90 Å². The van der Waals surface area contributed by atoms with Crippen molar-refractivity contribution in [1.29, 1.82) is 0 Å². The molecular formula is C16H20N2O2. The van der Waals surface area contributed by atoms with Crippen LogP contribution in [0.2, 0.25) is 0 Å². The van der Waals surface area contributed by atoms with Gasteiger partial charge in [-0.1, -0.05) is 18.2 Å². The van der Waals surface area contributed by atoms with E-state index in [9.17, 15) is 4.79 Å². The normalized spacial score (nSPS) is 10.8. The van der Waals surface area contributed by atoms with Gasteiger partial charge in [-0.2, -0.15) is 0 Å². The highest BCUT2D eigenvalue weighted by molar-refractivity contribution is 5.95. The highest BCUT2D eigenvalue weighted by atomic mass is 16.4. The quantitative estimate of drug-likeness (QED) is 0.909. The van der Waals surface area contributed by atoms with Crippen LogP contribution in [0.1, 0.15) is 25.1 Å². The van der Waals surface area contributed by atoms with Crippen molar-refractivity contribution in [2.45, 2.75) is 27.2 Å². The summed E-state index contributed by atoms with van der Waals surface area (Å²) in [6.45, 7) is 7.74. The van der Waals surface area contributed by atoms with E-state index < -0.39 is 5.97 Å². The minimum atomic E-state index is -0.821. The Balaban J connectivity index is 2.77. The van der Waals surface area contributed by atoms with Gasteiger partial charge >= 0.3 is 5.97 Å². The highest BCUT2D eigenvalue weighted by Gasteiger charge is 2.18. The first-order valence-corrected chi connectivity index (χ1v) is 6.93. The van der Waals surface area contributed by atoms with Gasteiger partial charge in [0.1, 0.15) is 0 Å². The topological polar surface area (TPSA) is 53.4 Å². The molecule has 106 valence electrons. The number of aromatic nitrogens is 1. The van der Waals surface area contributed by atoms with Crippen molar-refractivity contribution in [3.05, 3.63) is 35.5 Å². The molecule has 0 saturated heterocycles. The van der Waals surface area contributed by atoms with Crippen LogP contribution < -0.4 is 4.90 Å². The lowest BCUT2D eigenvalue weighted by molar-refractivity contribution is -0.136. The van der Waals surface area contributed by atoms with Crippen LogP contribution in [0.5, 0.6) is 0 Å². The SMILES string of the molecule is CCN(CC)c1c(CC(=O)O)c(C)nc2ccccc12. The number of pyridine rings is 1. The van der Waals surface area contributed by atoms with E-state index in [-0.39, 0.29) is 6.42 Å². The van der Waals surface area contributed by atoms with Gasteiger partial charge in [0.05, 0.1) is 17.6 Å². The molecule has 4 nitrogen and oxygen atoms in total. The lowest BCUT2D eigenvalue weighted by Crippen LogP contribution is -2.25. The molecular weight excluding hydrogens is 252 g/mol. The summed E-state index contributed by atoms with van der Waals surface area (Å²) in [5.74, 6) is -0.821. The minimum absolute atomic E-state index is 0.00943. The average Bonchev–Trinajstić information content (AvgIpc) is 2.42. The third kappa shape index (κ3) is 2.59. The first kappa shape index (κ1) is 14.3. The number of carboxylic acid groups (broad SMARTS) is 1. The van der Waals surface area contributed by atoms with Crippen molar-refractivity contribution in [1.82, 2.24) is 4.98 Å². The number of hydrogen-bond donors (Lipinski definition) is 1. The summed E-state index contributed by atoms with van der Waals surface area (Å²) in [5, 5.41) is 10.2. The van der Waals surface area contributed by atoms with Crippen LogP contribution >= 0.6 is 0 Å². The third-order valence-electron chi connectivity index (χ3n) is 3.58. The van der Waals surface area contributed by atoms with Gasteiger partial charge in [-0.25, -0.2) is 0 Å². The number of anilines is 1. The van der Waals surface area contributed by atoms with Crippen LogP contribution in [-0.4, -0.2) is 29.1 Å². The molecule has 0 fully saturated rings. The summed E-state index contributed by atoms with van der Waals surface area (Å²) in [7, 11) is 0. The van der Waals surface area contributed by atoms with Crippen molar-refractivity contribution in [2.24, 2.45) is 0 Å². The Bertz CT molecular complexity index is 634. The monoisotopic (exact) mass is 272 g/mol. The maximum atomic E-state index is 11.2. The summed E-state index contributed by atoms with van der Waals surface area (Å²) in [4.78, 5) is 17.9. The molecule has 0 bridgehead atoms. The Morgan fingerprint density at radius 1 is 1.25 bits per heavy atom. The van der Waals surface area contributed by atoms with Gasteiger partial charge in [0, 0.05) is 29.7 Å². The number of aliphatic carboxylic acids is 1. The zero-order chi connectivity index (χ0) is 14.7. The molecule has 0 saturated carbocycles. The third-order valence-corrected chi connectivity index (χ3v) is 3.58. The molecule has 20 heavy (non-hydrogen) atoms. The van der Waals surface area contributed by atoms with E-state index in [0.29, 0.717) is 0 Å². The summed E-state index contributed by atoms with van der Waals surface area (Å²) < 4.78 is 0. The van der Waals surface area contributed by atoms with Crippen LogP contribution in [0.4, 0.5) is 5.69 Å². The zero-order valence-electron chi connectivity index (χ0n) is 12.2. The molecule has 1 aromatic carbocycles. The van der Waals surface area contributed by atoms with Gasteiger partial charge in [0.15, 0.2) is 0 Å². The average molecular weight is 272 g/mol. The Labute approximate surface area is 119 Å². The second-order valence-corrected chi connectivity index (χ2v) is 4.78. The second-order valence-electron chi connectivity index (χ2n) is 4.78. The van der Waals surface area contributed by atoms with Crippen LogP contribution in [0.25, 0.3) is 10.9 Å². The molecule has 0 aliphatic carbocycles. The molecule has 1 heterocycles. The fourth-order valence-electron chi connectivity index (χ4n) is 2.62. The Kier molecular flexibility index (Phi) is 4.23. The summed E-state index contributed by atoms with van der Waals surface area (Å²) in [6, 6.07) is 7.91. The number of hydrogen-bond acceptors (Lipinski definition) is 3. The van der Waals surface area contributed by atoms with Gasteiger partial charge < -0.3 is 10.0 Å². The van der Waals surface area contributed by atoms with Gasteiger partial charge in [-0.15, -0.1) is 0 Å². The van der Waals surface area contributed by atoms with E-state index in [1.807, 2.05) is 31.2 Å². The predicted octanol–water partition coefficient (Wildman–Crippen LogP) is 3.02. The lowest BCUT2D eigenvalue weighted by Gasteiger charge is -2.26. The van der Waals surface area contributed by atoms with E-state index in [2.05, 4.69) is 23.7 Å². The standard InChI is InChI=1S/C16H20N2O2/c1-4-18(5-2)16-12-8-6-7-9-14(12)17-11(3)13(16)10-15(19)20/h6-9H,4-5,10H2,1-3H3,(H,19,20). The number of fused-ring (bicyclic) bond motifs is 1. The van der Waals surface area contributed by atoms with E-state index >= 15 is 0 Å². The molecule has 0 amide bonds. The van der Waals surface area contributed by atoms with Gasteiger partial charge in [0.2, 0.25) is 0 Å². The van der Waals surface area contributed by atoms with E-state index in [1.54, 1.807) is 0 Å². The van der Waals surface area contributed by atoms with E-state index in [4.69, 9.17) is 5.11 Å². The molecule has 2 rings (SSSR count). The van der Waals surface area contributed by atoms with Crippen molar-refractivity contribution in [2.75, 3.05) is 18.0 Å². The van der Waals surface area contributed by atoms with Gasteiger partial charge in [-0.05, 0) is 26.8 Å². The Hall–Kier alpha value is -2.10. The van der Waals surface area contributed by atoms with Crippen molar-refractivity contribution >= 4 is 22.6 Å². The smallest absolute Gasteiger partial charge is 0.307 e. The Morgan fingerprint density at radius 2 is 1.90 bits per heavy atom. The predicted molar refractivity (Wildman–Crippen MR) is 81.4 cm³/mol. The summed E-state index contributed by atoms with van der Waals surface area (Å²) in [6.07, 6.45) is 0.00943. The number of benzene rings is 1. The molecule has 0 aliphatic heterocycles. The van der Waals surface area contributed by atoms with Gasteiger partial charge in [0.25, 0.3) is 0 Å². The van der Waals surface area contributed by atoms with E-state index in [0.717, 1.165) is 40.9 Å². The summed E-state index contributed by atoms with van der Waals surface area (Å²) in [5.41, 5.74) is 3.55. The summed E-state index contributed by atoms with van der Waals surface area (Å²) >= 11 is 0. The number of aryl methyl sites for hydroxylation is 1. The molecule has 0 aliphatic rings. The molecule has 0 radical (unpaired) electrons. The number of carboxylic acids is 1. The Morgan fingerprint density at radius 3 is 2.50 bits per heavy atom. The van der Waals surface area contributed by atoms with Crippen LogP contribution in [0, 0.1) is 6.92 Å². The maximum absolute atomic E-state index is 11.2. The van der Waals surface area contributed by atoms with Crippen molar-refractivity contribution in [3.63, 3.8) is 0 Å². The molecule has 0 atom stereocenters. The fraction of sp³-hybridized carbons (Fsp3) is 0.375. The molecule has 1 N–H and O–H groups in total. The first-order valence-electron chi connectivity index (χ1n) is 6.93. The lowest BCUT2D eigenvalue weighted by atomic mass is 10.0. The molecule has 0 unspecified atom stereocenters.